The molecule has 2 heterocycles. The van der Waals surface area contributed by atoms with Gasteiger partial charge < -0.3 is 5.73 Å². The Balaban J connectivity index is 1.62. The molecule has 1 saturated heterocycles. The Morgan fingerprint density at radius 2 is 2.24 bits per heavy atom. The number of aryl methyl sites for hydroxylation is 1. The Kier molecular flexibility index (Phi) is 2.89. The van der Waals surface area contributed by atoms with Gasteiger partial charge >= 0.3 is 0 Å². The molecule has 0 bridgehead atoms. The maximum atomic E-state index is 6.15. The van der Waals surface area contributed by atoms with Gasteiger partial charge in [-0.05, 0) is 43.2 Å². The van der Waals surface area contributed by atoms with E-state index in [4.69, 9.17) is 5.73 Å². The standard InChI is InChI=1S/C14H21N3/c1-10-2-4-12(16-6-10)8-17-7-11-3-5-14(15)13(11)9-17/h2,4,6,11,13-14H,3,5,7-9,15H2,1H3. The molecule has 0 radical (unpaired) electrons. The molecule has 3 nitrogen and oxygen atoms in total. The zero-order valence-electron chi connectivity index (χ0n) is 10.5. The van der Waals surface area contributed by atoms with E-state index in [1.165, 1.54) is 37.2 Å². The van der Waals surface area contributed by atoms with Crippen molar-refractivity contribution in [1.82, 2.24) is 9.88 Å². The summed E-state index contributed by atoms with van der Waals surface area (Å²) < 4.78 is 0. The highest BCUT2D eigenvalue weighted by molar-refractivity contribution is 5.12. The van der Waals surface area contributed by atoms with Crippen LogP contribution in [0.4, 0.5) is 0 Å². The summed E-state index contributed by atoms with van der Waals surface area (Å²) in [6, 6.07) is 4.73. The average Bonchev–Trinajstić information content (AvgIpc) is 2.85. The van der Waals surface area contributed by atoms with Crippen molar-refractivity contribution in [2.75, 3.05) is 13.1 Å². The predicted octanol–water partition coefficient (Wildman–Crippen LogP) is 1.56. The van der Waals surface area contributed by atoms with Crippen LogP contribution in [-0.2, 0) is 6.54 Å². The Morgan fingerprint density at radius 1 is 1.35 bits per heavy atom. The molecular formula is C14H21N3. The van der Waals surface area contributed by atoms with Gasteiger partial charge in [0.15, 0.2) is 0 Å². The molecule has 3 atom stereocenters. The SMILES string of the molecule is Cc1ccc(CN2CC3CCC(N)C3C2)nc1. The van der Waals surface area contributed by atoms with Crippen LogP contribution >= 0.6 is 0 Å². The third-order valence-corrected chi connectivity index (χ3v) is 4.35. The number of fused-ring (bicyclic) bond motifs is 1. The molecule has 1 aliphatic heterocycles. The van der Waals surface area contributed by atoms with Gasteiger partial charge in [-0.1, -0.05) is 6.07 Å². The average molecular weight is 231 g/mol. The monoisotopic (exact) mass is 231 g/mol. The maximum Gasteiger partial charge on any atom is 0.0544 e. The van der Waals surface area contributed by atoms with E-state index in [0.717, 1.165) is 18.4 Å². The molecule has 1 aliphatic carbocycles. The number of likely N-dealkylation sites (tertiary alicyclic amines) is 1. The van der Waals surface area contributed by atoms with Crippen LogP contribution < -0.4 is 5.73 Å². The minimum atomic E-state index is 0.441. The fourth-order valence-corrected chi connectivity index (χ4v) is 3.35. The van der Waals surface area contributed by atoms with E-state index in [1.807, 2.05) is 6.20 Å². The molecule has 1 saturated carbocycles. The number of nitrogens with zero attached hydrogens (tertiary/aromatic N) is 2. The molecule has 92 valence electrons. The van der Waals surface area contributed by atoms with Crippen molar-refractivity contribution in [1.29, 1.82) is 0 Å². The highest BCUT2D eigenvalue weighted by Gasteiger charge is 2.40. The third-order valence-electron chi connectivity index (χ3n) is 4.35. The van der Waals surface area contributed by atoms with Crippen molar-refractivity contribution in [2.45, 2.75) is 32.4 Å². The third kappa shape index (κ3) is 2.22. The van der Waals surface area contributed by atoms with Crippen LogP contribution in [0.3, 0.4) is 0 Å². The maximum absolute atomic E-state index is 6.15. The van der Waals surface area contributed by atoms with Gasteiger partial charge in [0.05, 0.1) is 5.69 Å². The number of rotatable bonds is 2. The minimum Gasteiger partial charge on any atom is -0.327 e. The van der Waals surface area contributed by atoms with E-state index in [0.29, 0.717) is 6.04 Å². The van der Waals surface area contributed by atoms with Crippen LogP contribution in [0.25, 0.3) is 0 Å². The summed E-state index contributed by atoms with van der Waals surface area (Å²) in [6.07, 6.45) is 4.51. The summed E-state index contributed by atoms with van der Waals surface area (Å²) in [7, 11) is 0. The van der Waals surface area contributed by atoms with Crippen molar-refractivity contribution in [2.24, 2.45) is 17.6 Å². The predicted molar refractivity (Wildman–Crippen MR) is 68.4 cm³/mol. The Bertz CT molecular complexity index is 387. The van der Waals surface area contributed by atoms with E-state index in [9.17, 15) is 0 Å². The highest BCUT2D eigenvalue weighted by atomic mass is 15.2. The lowest BCUT2D eigenvalue weighted by Crippen LogP contribution is -2.30. The molecule has 2 N–H and O–H groups in total. The normalized spacial score (nSPS) is 32.9. The highest BCUT2D eigenvalue weighted by Crippen LogP contribution is 2.37. The Hall–Kier alpha value is -0.930. The van der Waals surface area contributed by atoms with Crippen LogP contribution in [0.2, 0.25) is 0 Å². The Morgan fingerprint density at radius 3 is 2.94 bits per heavy atom. The first-order valence-corrected chi connectivity index (χ1v) is 6.62. The van der Waals surface area contributed by atoms with Gasteiger partial charge in [0.2, 0.25) is 0 Å². The molecule has 1 aromatic heterocycles. The molecule has 3 rings (SSSR count). The molecule has 0 spiro atoms. The second-order valence-corrected chi connectivity index (χ2v) is 5.69. The van der Waals surface area contributed by atoms with E-state index >= 15 is 0 Å². The summed E-state index contributed by atoms with van der Waals surface area (Å²) in [5.41, 5.74) is 8.57. The van der Waals surface area contributed by atoms with Crippen molar-refractivity contribution < 1.29 is 0 Å². The van der Waals surface area contributed by atoms with Gasteiger partial charge in [0.1, 0.15) is 0 Å². The van der Waals surface area contributed by atoms with Crippen LogP contribution in [0.5, 0.6) is 0 Å². The van der Waals surface area contributed by atoms with E-state index in [-0.39, 0.29) is 0 Å². The first kappa shape index (κ1) is 11.2. The molecule has 1 aromatic rings. The van der Waals surface area contributed by atoms with Crippen LogP contribution in [0.15, 0.2) is 18.3 Å². The molecule has 3 heteroatoms. The van der Waals surface area contributed by atoms with Gasteiger partial charge in [0.25, 0.3) is 0 Å². The van der Waals surface area contributed by atoms with Crippen LogP contribution in [0.1, 0.15) is 24.1 Å². The second-order valence-electron chi connectivity index (χ2n) is 5.69. The molecular weight excluding hydrogens is 210 g/mol. The lowest BCUT2D eigenvalue weighted by molar-refractivity contribution is 0.295. The molecule has 3 unspecified atom stereocenters. The van der Waals surface area contributed by atoms with Crippen molar-refractivity contribution in [3.8, 4) is 0 Å². The smallest absolute Gasteiger partial charge is 0.0544 e. The molecule has 2 fully saturated rings. The molecule has 0 amide bonds. The zero-order chi connectivity index (χ0) is 11.8. The van der Waals surface area contributed by atoms with E-state index in [1.54, 1.807) is 0 Å². The summed E-state index contributed by atoms with van der Waals surface area (Å²) >= 11 is 0. The van der Waals surface area contributed by atoms with Crippen molar-refractivity contribution in [3.63, 3.8) is 0 Å². The molecule has 0 aromatic carbocycles. The largest absolute Gasteiger partial charge is 0.327 e. The number of hydrogen-bond donors (Lipinski definition) is 1. The summed E-state index contributed by atoms with van der Waals surface area (Å²) in [5, 5.41) is 0. The van der Waals surface area contributed by atoms with Crippen LogP contribution in [0, 0.1) is 18.8 Å². The van der Waals surface area contributed by atoms with E-state index < -0.39 is 0 Å². The summed E-state index contributed by atoms with van der Waals surface area (Å²) in [5.74, 6) is 1.58. The molecule has 2 aliphatic rings. The lowest BCUT2D eigenvalue weighted by Gasteiger charge is -2.17. The van der Waals surface area contributed by atoms with E-state index in [2.05, 4.69) is 28.9 Å². The lowest BCUT2D eigenvalue weighted by atomic mass is 9.98. The number of aromatic nitrogens is 1. The number of hydrogen-bond acceptors (Lipinski definition) is 3. The van der Waals surface area contributed by atoms with Crippen LogP contribution in [-0.4, -0.2) is 29.0 Å². The van der Waals surface area contributed by atoms with Crippen molar-refractivity contribution >= 4 is 0 Å². The topological polar surface area (TPSA) is 42.1 Å². The van der Waals surface area contributed by atoms with Gasteiger partial charge in [-0.2, -0.15) is 0 Å². The minimum absolute atomic E-state index is 0.441. The van der Waals surface area contributed by atoms with Gasteiger partial charge in [-0.25, -0.2) is 0 Å². The number of nitrogens with two attached hydrogens (primary N) is 1. The van der Waals surface area contributed by atoms with Gasteiger partial charge in [0, 0.05) is 31.9 Å². The zero-order valence-corrected chi connectivity index (χ0v) is 10.5. The summed E-state index contributed by atoms with van der Waals surface area (Å²) in [6.45, 7) is 5.45. The Labute approximate surface area is 103 Å². The fraction of sp³-hybridized carbons (Fsp3) is 0.643. The number of pyridine rings is 1. The van der Waals surface area contributed by atoms with Gasteiger partial charge in [-0.15, -0.1) is 0 Å². The first-order valence-electron chi connectivity index (χ1n) is 6.62. The quantitative estimate of drug-likeness (QED) is 0.840. The second kappa shape index (κ2) is 4.39. The summed E-state index contributed by atoms with van der Waals surface area (Å²) in [4.78, 5) is 7.00. The first-order chi connectivity index (χ1) is 8.22. The fourth-order valence-electron chi connectivity index (χ4n) is 3.35. The van der Waals surface area contributed by atoms with Crippen molar-refractivity contribution in [3.05, 3.63) is 29.6 Å². The molecule has 17 heavy (non-hydrogen) atoms. The van der Waals surface area contributed by atoms with Gasteiger partial charge in [-0.3, -0.25) is 9.88 Å².